The molecule has 0 saturated carbocycles. The monoisotopic (exact) mass is 895 g/mol. The van der Waals surface area contributed by atoms with Gasteiger partial charge in [0.2, 0.25) is 41.4 Å². The molecule has 0 aromatic heterocycles. The summed E-state index contributed by atoms with van der Waals surface area (Å²) < 4.78 is 5.70. The van der Waals surface area contributed by atoms with Crippen molar-refractivity contribution in [2.45, 2.75) is 95.5 Å². The van der Waals surface area contributed by atoms with Gasteiger partial charge in [0.1, 0.15) is 54.3 Å². The molecule has 5 rings (SSSR count). The number of benzene rings is 1. The summed E-state index contributed by atoms with van der Waals surface area (Å²) in [6.45, 7) is 4.65. The van der Waals surface area contributed by atoms with Gasteiger partial charge in [-0.15, -0.1) is 0 Å². The first-order valence-corrected chi connectivity index (χ1v) is 21.7. The number of ketones is 1. The van der Waals surface area contributed by atoms with Crippen LogP contribution in [-0.2, 0) is 54.3 Å². The van der Waals surface area contributed by atoms with Crippen molar-refractivity contribution in [1.29, 1.82) is 0 Å². The molecule has 1 unspecified atom stereocenters. The van der Waals surface area contributed by atoms with Crippen LogP contribution >= 0.6 is 0 Å². The first-order chi connectivity index (χ1) is 31.0. The van der Waals surface area contributed by atoms with E-state index in [0.717, 1.165) is 0 Å². The van der Waals surface area contributed by atoms with Gasteiger partial charge in [-0.1, -0.05) is 85.9 Å². The molecule has 0 bridgehead atoms. The van der Waals surface area contributed by atoms with Gasteiger partial charge in [0.05, 0.1) is 0 Å². The number of fused-ring (bicyclic) bond motifs is 2. The normalized spacial score (nSPS) is 25.6. The molecule has 3 saturated heterocycles. The van der Waals surface area contributed by atoms with E-state index in [2.05, 4.69) is 21.3 Å². The van der Waals surface area contributed by atoms with E-state index in [4.69, 9.17) is 4.74 Å². The molecule has 1 aliphatic carbocycles. The third-order valence-corrected chi connectivity index (χ3v) is 11.5. The van der Waals surface area contributed by atoms with E-state index >= 15 is 0 Å². The number of ether oxygens (including phenoxy) is 1. The summed E-state index contributed by atoms with van der Waals surface area (Å²) in [5.41, 5.74) is 0.616. The highest BCUT2D eigenvalue weighted by Gasteiger charge is 2.44. The van der Waals surface area contributed by atoms with Crippen molar-refractivity contribution in [3.63, 3.8) is 0 Å². The molecule has 1 aromatic carbocycles. The number of carbonyl (C=O) groups excluding carboxylic acids is 9. The number of likely N-dealkylation sites (N-methyl/N-ethyl adjacent to an activating group) is 1. The molecule has 65 heavy (non-hydrogen) atoms. The fraction of sp³-hybridized carbons (Fsp3) is 0.426. The number of amides is 7. The predicted octanol–water partition coefficient (Wildman–Crippen LogP) is 1.36. The molecule has 7 atom stereocenters. The second kappa shape index (κ2) is 23.0. The Kier molecular flexibility index (Phi) is 17.3. The highest BCUT2D eigenvalue weighted by molar-refractivity contribution is 6.03. The number of hydrogen-bond donors (Lipinski definition) is 5. The number of allylic oxidation sites excluding steroid dienone is 10. The number of aliphatic hydroxyl groups excluding tert-OH is 1. The van der Waals surface area contributed by atoms with Crippen LogP contribution in [-0.4, -0.2) is 136 Å². The largest absolute Gasteiger partial charge is 0.510 e. The molecule has 5 N–H and O–H groups in total. The number of rotatable bonds is 12. The summed E-state index contributed by atoms with van der Waals surface area (Å²) in [5.74, 6) is -5.59. The number of cyclic esters (lactones) is 1. The zero-order valence-corrected chi connectivity index (χ0v) is 36.9. The van der Waals surface area contributed by atoms with Gasteiger partial charge in [-0.05, 0) is 44.6 Å². The molecular formula is C47H57N7O11. The van der Waals surface area contributed by atoms with Crippen molar-refractivity contribution < 1.29 is 53.0 Å². The van der Waals surface area contributed by atoms with Crippen molar-refractivity contribution >= 4 is 53.1 Å². The second-order valence-electron chi connectivity index (χ2n) is 16.4. The van der Waals surface area contributed by atoms with Crippen molar-refractivity contribution in [2.24, 2.45) is 5.92 Å². The van der Waals surface area contributed by atoms with E-state index in [1.165, 1.54) is 59.9 Å². The Labute approximate surface area is 377 Å². The Morgan fingerprint density at radius 1 is 0.831 bits per heavy atom. The van der Waals surface area contributed by atoms with E-state index in [0.29, 0.717) is 12.0 Å². The van der Waals surface area contributed by atoms with Gasteiger partial charge in [0.15, 0.2) is 5.78 Å². The maximum absolute atomic E-state index is 14.4. The van der Waals surface area contributed by atoms with Crippen molar-refractivity contribution in [3.8, 4) is 0 Å². The molecule has 0 spiro atoms. The van der Waals surface area contributed by atoms with Gasteiger partial charge in [-0.3, -0.25) is 38.4 Å². The molecule has 18 nitrogen and oxygen atoms in total. The van der Waals surface area contributed by atoms with Gasteiger partial charge in [0, 0.05) is 51.6 Å². The molecular weight excluding hydrogens is 839 g/mol. The zero-order chi connectivity index (χ0) is 47.2. The molecule has 4 aliphatic rings. The van der Waals surface area contributed by atoms with Crippen molar-refractivity contribution in [1.82, 2.24) is 36.0 Å². The van der Waals surface area contributed by atoms with Crippen LogP contribution in [0.3, 0.4) is 0 Å². The number of nitrogens with zero attached hydrogens (tertiary/aromatic N) is 3. The molecule has 18 heteroatoms. The third kappa shape index (κ3) is 13.2. The molecule has 3 heterocycles. The standard InChI is InChI=1S/C47H57N7O11/c1-29-25-36-47(64)65-28-34(45(62)53-24-16-19-35(53)46(63)52(4)31(3)42(59)48-30(2)44(61)54(36)27-29)50-43(60)33(26-32-17-12-11-13-18-32)49-39(57)20-14-9-7-5-6-8-10-15-21-40(58)51-41-37(55)22-23-38(41)56/h5-15,17-18,20-21,29-31,33-36,55H,16,19,22-28H2,1-4H3,(H,48,59)(H,49,57)(H,50,60)(H,51,58)/b6-5+,9-7+,10-8+,20-14+,21-15+/t29-,30+,31+,33+,34?,35+,36+/m1/s1. The Hall–Kier alpha value is -7.11. The van der Waals surface area contributed by atoms with E-state index in [-0.39, 0.29) is 68.4 Å². The molecule has 346 valence electrons. The molecule has 7 amide bonds. The van der Waals surface area contributed by atoms with Crippen LogP contribution in [0, 0.1) is 5.92 Å². The summed E-state index contributed by atoms with van der Waals surface area (Å²) >= 11 is 0. The van der Waals surface area contributed by atoms with Crippen LogP contribution in [0.5, 0.6) is 0 Å². The molecule has 3 aliphatic heterocycles. The predicted molar refractivity (Wildman–Crippen MR) is 237 cm³/mol. The number of Topliss-reactive ketones (excluding diaryl/α,β-unsaturated/α-hetero) is 1. The lowest BCUT2D eigenvalue weighted by atomic mass is 10.0. The highest BCUT2D eigenvalue weighted by Crippen LogP contribution is 2.26. The lowest BCUT2D eigenvalue weighted by molar-refractivity contribution is -0.158. The number of nitrogens with one attached hydrogen (secondary N) is 4. The third-order valence-electron chi connectivity index (χ3n) is 11.5. The topological polar surface area (TPSA) is 241 Å². The van der Waals surface area contributed by atoms with Crippen molar-refractivity contribution in [2.75, 3.05) is 26.7 Å². The lowest BCUT2D eigenvalue weighted by Gasteiger charge is -2.34. The van der Waals surface area contributed by atoms with Gasteiger partial charge >= 0.3 is 5.97 Å². The van der Waals surface area contributed by atoms with Gasteiger partial charge in [0.25, 0.3) is 0 Å². The minimum atomic E-state index is -1.49. The van der Waals surface area contributed by atoms with Crippen LogP contribution in [0.2, 0.25) is 0 Å². The average Bonchev–Trinajstić information content (AvgIpc) is 4.02. The summed E-state index contributed by atoms with van der Waals surface area (Å²) in [7, 11) is 1.44. The molecule has 0 radical (unpaired) electrons. The Morgan fingerprint density at radius 2 is 1.48 bits per heavy atom. The maximum Gasteiger partial charge on any atom is 0.328 e. The van der Waals surface area contributed by atoms with E-state index in [9.17, 15) is 48.3 Å². The van der Waals surface area contributed by atoms with Crippen LogP contribution in [0.25, 0.3) is 0 Å². The number of hydrogen-bond acceptors (Lipinski definition) is 11. The van der Waals surface area contributed by atoms with Crippen LogP contribution in [0.4, 0.5) is 0 Å². The summed E-state index contributed by atoms with van der Waals surface area (Å²) in [6, 6.07) is 2.15. The van der Waals surface area contributed by atoms with Gasteiger partial charge in [-0.2, -0.15) is 0 Å². The van der Waals surface area contributed by atoms with Crippen LogP contribution < -0.4 is 21.3 Å². The lowest BCUT2D eigenvalue weighted by Crippen LogP contribution is -2.60. The molecule has 3 fully saturated rings. The van der Waals surface area contributed by atoms with Crippen LogP contribution in [0.1, 0.15) is 58.4 Å². The first kappa shape index (κ1) is 48.9. The fourth-order valence-corrected chi connectivity index (χ4v) is 7.85. The van der Waals surface area contributed by atoms with Gasteiger partial charge in [-0.25, -0.2) is 4.79 Å². The summed E-state index contributed by atoms with van der Waals surface area (Å²) in [6.07, 6.45) is 16.5. The first-order valence-electron chi connectivity index (χ1n) is 21.7. The quantitative estimate of drug-likeness (QED) is 0.114. The van der Waals surface area contributed by atoms with Gasteiger partial charge < -0.3 is 45.8 Å². The number of carbonyl (C=O) groups is 9. The smallest absolute Gasteiger partial charge is 0.328 e. The minimum absolute atomic E-state index is 0.0250. The number of esters is 1. The van der Waals surface area contributed by atoms with Crippen LogP contribution in [0.15, 0.2) is 103 Å². The highest BCUT2D eigenvalue weighted by atomic mass is 16.5. The summed E-state index contributed by atoms with van der Waals surface area (Å²) in [4.78, 5) is 124. The van der Waals surface area contributed by atoms with E-state index in [1.807, 2.05) is 6.92 Å². The second-order valence-corrected chi connectivity index (χ2v) is 16.4. The Balaban J connectivity index is 1.29. The number of aliphatic hydroxyl groups is 1. The minimum Gasteiger partial charge on any atom is -0.510 e. The van der Waals surface area contributed by atoms with E-state index < -0.39 is 90.2 Å². The Bertz CT molecular complexity index is 2200. The maximum atomic E-state index is 14.4. The average molecular weight is 896 g/mol. The fourth-order valence-electron chi connectivity index (χ4n) is 7.85. The zero-order valence-electron chi connectivity index (χ0n) is 36.9. The molecule has 1 aromatic rings. The SMILES string of the molecule is C[C@@H]1C[C@H]2C(=O)OCC(NC(=O)[C@H](Cc3ccccc3)NC(=O)/C=C/C=C/C=C/C=C/C=C/C(=O)NC3=C(O)CCC3=O)C(=O)N3CCC[C@H]3C(=O)N(C)[C@@H](C)C(=O)N[C@@H](C)C(=O)N2C1. The van der Waals surface area contributed by atoms with E-state index in [1.54, 1.807) is 66.8 Å². The van der Waals surface area contributed by atoms with Crippen molar-refractivity contribution in [3.05, 3.63) is 108 Å². The Morgan fingerprint density at radius 3 is 2.12 bits per heavy atom. The summed E-state index contributed by atoms with van der Waals surface area (Å²) in [5, 5.41) is 20.1.